The lowest BCUT2D eigenvalue weighted by atomic mass is 10.0. The molecular weight excluding hydrogens is 278 g/mol. The SMILES string of the molecule is Cl.NC(=O)Cc1ccc(NC(=O)C2CCCCN2)cc1. The van der Waals surface area contributed by atoms with Gasteiger partial charge >= 0.3 is 0 Å². The molecule has 2 rings (SSSR count). The average Bonchev–Trinajstić information content (AvgIpc) is 2.41. The van der Waals surface area contributed by atoms with Crippen LogP contribution in [0.15, 0.2) is 24.3 Å². The van der Waals surface area contributed by atoms with Gasteiger partial charge in [-0.05, 0) is 37.1 Å². The third-order valence-electron chi connectivity index (χ3n) is 3.23. The Bertz CT molecular complexity index is 456. The molecule has 110 valence electrons. The van der Waals surface area contributed by atoms with Crippen molar-refractivity contribution < 1.29 is 9.59 Å². The summed E-state index contributed by atoms with van der Waals surface area (Å²) in [6.07, 6.45) is 3.32. The highest BCUT2D eigenvalue weighted by molar-refractivity contribution is 5.94. The quantitative estimate of drug-likeness (QED) is 0.781. The normalized spacial score (nSPS) is 17.9. The third kappa shape index (κ3) is 4.83. The molecule has 5 nitrogen and oxygen atoms in total. The fourth-order valence-corrected chi connectivity index (χ4v) is 2.21. The van der Waals surface area contributed by atoms with Crippen LogP contribution in [-0.2, 0) is 16.0 Å². The van der Waals surface area contributed by atoms with E-state index in [2.05, 4.69) is 10.6 Å². The number of hydrogen-bond donors (Lipinski definition) is 3. The molecule has 2 amide bonds. The maximum atomic E-state index is 12.0. The second-order valence-electron chi connectivity index (χ2n) is 4.83. The van der Waals surface area contributed by atoms with E-state index < -0.39 is 0 Å². The largest absolute Gasteiger partial charge is 0.369 e. The van der Waals surface area contributed by atoms with E-state index in [-0.39, 0.29) is 36.7 Å². The second-order valence-corrected chi connectivity index (χ2v) is 4.83. The Morgan fingerprint density at radius 2 is 1.95 bits per heavy atom. The van der Waals surface area contributed by atoms with Crippen molar-refractivity contribution in [2.24, 2.45) is 5.73 Å². The van der Waals surface area contributed by atoms with Gasteiger partial charge in [0.1, 0.15) is 0 Å². The van der Waals surface area contributed by atoms with Crippen LogP contribution >= 0.6 is 12.4 Å². The van der Waals surface area contributed by atoms with Gasteiger partial charge in [-0.3, -0.25) is 9.59 Å². The van der Waals surface area contributed by atoms with Gasteiger partial charge in [-0.1, -0.05) is 18.6 Å². The molecule has 0 saturated carbocycles. The van der Waals surface area contributed by atoms with Gasteiger partial charge in [-0.15, -0.1) is 12.4 Å². The van der Waals surface area contributed by atoms with Crippen LogP contribution in [-0.4, -0.2) is 24.4 Å². The summed E-state index contributed by atoms with van der Waals surface area (Å²) in [5.41, 5.74) is 6.71. The number of halogens is 1. The first-order valence-electron chi connectivity index (χ1n) is 6.56. The predicted octanol–water partition coefficient (Wildman–Crippen LogP) is 1.22. The first-order chi connectivity index (χ1) is 9.15. The fourth-order valence-electron chi connectivity index (χ4n) is 2.21. The molecule has 1 aliphatic rings. The Balaban J connectivity index is 0.00000200. The maximum Gasteiger partial charge on any atom is 0.241 e. The topological polar surface area (TPSA) is 84.2 Å². The van der Waals surface area contributed by atoms with E-state index in [4.69, 9.17) is 5.73 Å². The first kappa shape index (κ1) is 16.5. The molecule has 1 aliphatic heterocycles. The number of benzene rings is 1. The molecule has 0 aromatic heterocycles. The zero-order valence-corrected chi connectivity index (χ0v) is 12.0. The number of rotatable bonds is 4. The zero-order chi connectivity index (χ0) is 13.7. The molecule has 0 radical (unpaired) electrons. The van der Waals surface area contributed by atoms with Crippen LogP contribution in [0.1, 0.15) is 24.8 Å². The maximum absolute atomic E-state index is 12.0. The second kappa shape index (κ2) is 7.87. The Morgan fingerprint density at radius 3 is 2.50 bits per heavy atom. The van der Waals surface area contributed by atoms with Crippen molar-refractivity contribution in [1.82, 2.24) is 5.32 Å². The van der Waals surface area contributed by atoms with Crippen molar-refractivity contribution in [3.8, 4) is 0 Å². The monoisotopic (exact) mass is 297 g/mol. The van der Waals surface area contributed by atoms with E-state index in [0.29, 0.717) is 0 Å². The number of anilines is 1. The molecule has 0 spiro atoms. The van der Waals surface area contributed by atoms with Crippen LogP contribution in [0.25, 0.3) is 0 Å². The summed E-state index contributed by atoms with van der Waals surface area (Å²) in [5, 5.41) is 6.08. The van der Waals surface area contributed by atoms with Crippen LogP contribution in [0, 0.1) is 0 Å². The first-order valence-corrected chi connectivity index (χ1v) is 6.56. The number of hydrogen-bond acceptors (Lipinski definition) is 3. The molecule has 1 aromatic carbocycles. The summed E-state index contributed by atoms with van der Waals surface area (Å²) >= 11 is 0. The van der Waals surface area contributed by atoms with Gasteiger partial charge < -0.3 is 16.4 Å². The van der Waals surface area contributed by atoms with E-state index in [0.717, 1.165) is 37.1 Å². The molecule has 1 aromatic rings. The Morgan fingerprint density at radius 1 is 1.25 bits per heavy atom. The van der Waals surface area contributed by atoms with Gasteiger partial charge in [0.05, 0.1) is 12.5 Å². The van der Waals surface area contributed by atoms with E-state index in [1.807, 2.05) is 0 Å². The molecule has 1 fully saturated rings. The van der Waals surface area contributed by atoms with Crippen molar-refractivity contribution in [2.75, 3.05) is 11.9 Å². The smallest absolute Gasteiger partial charge is 0.241 e. The molecule has 1 unspecified atom stereocenters. The van der Waals surface area contributed by atoms with E-state index in [1.165, 1.54) is 0 Å². The summed E-state index contributed by atoms with van der Waals surface area (Å²) in [7, 11) is 0. The molecule has 0 aliphatic carbocycles. The van der Waals surface area contributed by atoms with Crippen molar-refractivity contribution in [3.63, 3.8) is 0 Å². The Hall–Kier alpha value is -1.59. The lowest BCUT2D eigenvalue weighted by molar-refractivity contribution is -0.119. The fraction of sp³-hybridized carbons (Fsp3) is 0.429. The molecule has 1 heterocycles. The summed E-state index contributed by atoms with van der Waals surface area (Å²) < 4.78 is 0. The van der Waals surface area contributed by atoms with Crippen molar-refractivity contribution in [3.05, 3.63) is 29.8 Å². The van der Waals surface area contributed by atoms with Gasteiger partial charge in [0.2, 0.25) is 11.8 Å². The van der Waals surface area contributed by atoms with Gasteiger partial charge in [0, 0.05) is 5.69 Å². The minimum Gasteiger partial charge on any atom is -0.369 e. The van der Waals surface area contributed by atoms with Crippen LogP contribution in [0.2, 0.25) is 0 Å². The van der Waals surface area contributed by atoms with Crippen molar-refractivity contribution in [2.45, 2.75) is 31.7 Å². The third-order valence-corrected chi connectivity index (χ3v) is 3.23. The Labute approximate surface area is 124 Å². The number of carbonyl (C=O) groups excluding carboxylic acids is 2. The van der Waals surface area contributed by atoms with Crippen LogP contribution in [0.3, 0.4) is 0 Å². The average molecular weight is 298 g/mol. The predicted molar refractivity (Wildman–Crippen MR) is 80.9 cm³/mol. The minimum atomic E-state index is -0.358. The van der Waals surface area contributed by atoms with Gasteiger partial charge in [-0.25, -0.2) is 0 Å². The van der Waals surface area contributed by atoms with E-state index in [1.54, 1.807) is 24.3 Å². The molecule has 1 atom stereocenters. The standard InChI is InChI=1S/C14H19N3O2.ClH/c15-13(18)9-10-4-6-11(7-5-10)17-14(19)12-3-1-2-8-16-12;/h4-7,12,16H,1-3,8-9H2,(H2,15,18)(H,17,19);1H. The molecule has 0 bridgehead atoms. The van der Waals surface area contributed by atoms with Gasteiger partial charge in [0.15, 0.2) is 0 Å². The number of amides is 2. The lowest BCUT2D eigenvalue weighted by Crippen LogP contribution is -2.43. The lowest BCUT2D eigenvalue weighted by Gasteiger charge is -2.22. The summed E-state index contributed by atoms with van der Waals surface area (Å²) in [6.45, 7) is 0.898. The summed E-state index contributed by atoms with van der Waals surface area (Å²) in [4.78, 5) is 22.8. The molecule has 1 saturated heterocycles. The highest BCUT2D eigenvalue weighted by Crippen LogP contribution is 2.13. The number of nitrogens with two attached hydrogens (primary N) is 1. The van der Waals surface area contributed by atoms with Gasteiger partial charge in [0.25, 0.3) is 0 Å². The zero-order valence-electron chi connectivity index (χ0n) is 11.2. The minimum absolute atomic E-state index is 0. The van der Waals surface area contributed by atoms with Crippen LogP contribution in [0.5, 0.6) is 0 Å². The molecular formula is C14H20ClN3O2. The van der Waals surface area contributed by atoms with Crippen LogP contribution < -0.4 is 16.4 Å². The molecule has 20 heavy (non-hydrogen) atoms. The van der Waals surface area contributed by atoms with E-state index in [9.17, 15) is 9.59 Å². The number of nitrogens with one attached hydrogen (secondary N) is 2. The van der Waals surface area contributed by atoms with Crippen LogP contribution in [0.4, 0.5) is 5.69 Å². The Kier molecular flexibility index (Phi) is 6.48. The summed E-state index contributed by atoms with van der Waals surface area (Å²) in [5.74, 6) is -0.356. The van der Waals surface area contributed by atoms with Gasteiger partial charge in [-0.2, -0.15) is 0 Å². The molecule has 6 heteroatoms. The highest BCUT2D eigenvalue weighted by atomic mass is 35.5. The van der Waals surface area contributed by atoms with Crippen molar-refractivity contribution in [1.29, 1.82) is 0 Å². The highest BCUT2D eigenvalue weighted by Gasteiger charge is 2.20. The number of piperidine rings is 1. The summed E-state index contributed by atoms with van der Waals surface area (Å²) in [6, 6.07) is 7.08. The number of primary amides is 1. The van der Waals surface area contributed by atoms with E-state index >= 15 is 0 Å². The van der Waals surface area contributed by atoms with Crippen molar-refractivity contribution >= 4 is 29.9 Å². The number of carbonyl (C=O) groups is 2. The molecule has 4 N–H and O–H groups in total.